The van der Waals surface area contributed by atoms with Gasteiger partial charge in [-0.25, -0.2) is 0 Å². The van der Waals surface area contributed by atoms with E-state index in [0.29, 0.717) is 0 Å². The Hall–Kier alpha value is -4.17. The number of ether oxygens (including phenoxy) is 1. The summed E-state index contributed by atoms with van der Waals surface area (Å²) in [6.07, 6.45) is -0.733. The van der Waals surface area contributed by atoms with E-state index in [1.165, 1.54) is 0 Å². The summed E-state index contributed by atoms with van der Waals surface area (Å²) >= 11 is 0. The third-order valence-corrected chi connectivity index (χ3v) is 8.64. The molecule has 0 bridgehead atoms. The van der Waals surface area contributed by atoms with Crippen molar-refractivity contribution in [2.75, 3.05) is 13.2 Å². The molecule has 9 nitrogen and oxygen atoms in total. The molecular weight excluding hydrogens is 554 g/mol. The first kappa shape index (κ1) is 32.7. The lowest BCUT2D eigenvalue weighted by Gasteiger charge is -2.45. The molecule has 0 radical (unpaired) electrons. The van der Waals surface area contributed by atoms with Crippen molar-refractivity contribution in [2.24, 2.45) is 17.0 Å². The first-order valence-corrected chi connectivity index (χ1v) is 15.3. The predicted molar refractivity (Wildman–Crippen MR) is 170 cm³/mol. The molecule has 44 heavy (non-hydrogen) atoms. The lowest BCUT2D eigenvalue weighted by Crippen LogP contribution is -2.61. The summed E-state index contributed by atoms with van der Waals surface area (Å²) in [6.45, 7) is 7.47. The Morgan fingerprint density at radius 1 is 1.00 bits per heavy atom. The number of hydrogen-bond acceptors (Lipinski definition) is 5. The maximum atomic E-state index is 14.1. The number of morpholine rings is 1. The van der Waals surface area contributed by atoms with E-state index in [0.717, 1.165) is 23.1 Å². The highest BCUT2D eigenvalue weighted by Crippen LogP contribution is 2.37. The zero-order chi connectivity index (χ0) is 31.7. The zero-order valence-electron chi connectivity index (χ0n) is 25.9. The molecule has 232 valence electrons. The molecule has 5 atom stereocenters. The van der Waals surface area contributed by atoms with Crippen molar-refractivity contribution in [2.45, 2.75) is 70.4 Å². The largest absolute Gasteiger partial charge is 0.394 e. The van der Waals surface area contributed by atoms with Crippen molar-refractivity contribution in [3.63, 3.8) is 0 Å². The number of azide groups is 1. The molecule has 3 aromatic rings. The van der Waals surface area contributed by atoms with E-state index in [4.69, 9.17) is 4.74 Å². The summed E-state index contributed by atoms with van der Waals surface area (Å²) in [5.74, 6) is -0.761. The van der Waals surface area contributed by atoms with Crippen LogP contribution in [0.3, 0.4) is 0 Å². The van der Waals surface area contributed by atoms with E-state index >= 15 is 0 Å². The molecule has 0 unspecified atom stereocenters. The number of nitrogens with one attached hydrogen (secondary N) is 1. The number of benzene rings is 3. The normalized spacial score (nSPS) is 19.1. The molecule has 4 rings (SSSR count). The Labute approximate surface area is 259 Å². The molecule has 0 spiro atoms. The summed E-state index contributed by atoms with van der Waals surface area (Å²) in [4.78, 5) is 32.5. The summed E-state index contributed by atoms with van der Waals surface area (Å²) in [7, 11) is 0. The molecule has 2 N–H and O–H groups in total. The third-order valence-electron chi connectivity index (χ3n) is 8.64. The molecular formula is C35H43N5O4. The molecule has 1 heterocycles. The van der Waals surface area contributed by atoms with Gasteiger partial charge in [0.05, 0.1) is 24.8 Å². The highest BCUT2D eigenvalue weighted by Gasteiger charge is 2.44. The van der Waals surface area contributed by atoms with Gasteiger partial charge in [-0.15, -0.1) is 0 Å². The number of amides is 2. The van der Waals surface area contributed by atoms with E-state index < -0.39 is 36.4 Å². The van der Waals surface area contributed by atoms with Crippen LogP contribution < -0.4 is 5.32 Å². The molecule has 9 heteroatoms. The SMILES string of the molecule is CC[C@H](C)[C@H](N=[N+]=[N-])[C@@H]1CN([C@H](CO)CC(=O)NC(c2ccccc2)(c2ccccc2)c2ccccc2)C(=O)[C@H](C(C)C)O1. The minimum absolute atomic E-state index is 0.0119. The van der Waals surface area contributed by atoms with Crippen LogP contribution in [0.2, 0.25) is 0 Å². The van der Waals surface area contributed by atoms with E-state index in [-0.39, 0.29) is 36.6 Å². The van der Waals surface area contributed by atoms with Crippen LogP contribution in [0.25, 0.3) is 10.4 Å². The zero-order valence-corrected chi connectivity index (χ0v) is 25.9. The number of aliphatic hydroxyl groups excluding tert-OH is 1. The van der Waals surface area contributed by atoms with Gasteiger partial charge in [0.15, 0.2) is 0 Å². The molecule has 1 aliphatic rings. The average Bonchev–Trinajstić information content (AvgIpc) is 3.06. The maximum absolute atomic E-state index is 14.1. The predicted octanol–water partition coefficient (Wildman–Crippen LogP) is 5.82. The average molecular weight is 598 g/mol. The molecule has 1 aliphatic heterocycles. The van der Waals surface area contributed by atoms with Crippen LogP contribution in [-0.2, 0) is 19.9 Å². The quantitative estimate of drug-likeness (QED) is 0.111. The van der Waals surface area contributed by atoms with Gasteiger partial charge in [0, 0.05) is 17.9 Å². The van der Waals surface area contributed by atoms with Crippen LogP contribution in [0.5, 0.6) is 0 Å². The number of aliphatic hydroxyl groups is 1. The van der Waals surface area contributed by atoms with Gasteiger partial charge in [0.1, 0.15) is 11.6 Å². The number of carbonyl (C=O) groups is 2. The van der Waals surface area contributed by atoms with Gasteiger partial charge in [-0.1, -0.05) is 130 Å². The second kappa shape index (κ2) is 15.0. The standard InChI is InChI=1S/C35H43N5O4/c1-5-25(4)32(38-39-36)30-22-40(34(43)33(44-30)24(2)3)29(23-41)21-31(42)37-35(26-15-9-6-10-16-26,27-17-11-7-12-18-27)28-19-13-8-14-20-28/h6-20,24-25,29-30,32-33,41H,5,21-23H2,1-4H3,(H,37,42)/t25-,29-,30-,32-,33-/m0/s1. The van der Waals surface area contributed by atoms with Crippen LogP contribution in [0, 0.1) is 11.8 Å². The number of hydrogen-bond donors (Lipinski definition) is 2. The van der Waals surface area contributed by atoms with E-state index in [1.54, 1.807) is 4.90 Å². The van der Waals surface area contributed by atoms with Gasteiger partial charge >= 0.3 is 0 Å². The molecule has 3 aromatic carbocycles. The first-order chi connectivity index (χ1) is 21.3. The van der Waals surface area contributed by atoms with Crippen molar-refractivity contribution in [3.05, 3.63) is 118 Å². The van der Waals surface area contributed by atoms with E-state index in [1.807, 2.05) is 119 Å². The Morgan fingerprint density at radius 3 is 1.91 bits per heavy atom. The Kier molecular flexibility index (Phi) is 11.2. The summed E-state index contributed by atoms with van der Waals surface area (Å²) in [5, 5.41) is 18.0. The van der Waals surface area contributed by atoms with Gasteiger partial charge < -0.3 is 20.1 Å². The minimum Gasteiger partial charge on any atom is -0.394 e. The fourth-order valence-corrected chi connectivity index (χ4v) is 6.08. The van der Waals surface area contributed by atoms with Crippen LogP contribution in [-0.4, -0.2) is 59.3 Å². The van der Waals surface area contributed by atoms with Crippen LogP contribution in [0.1, 0.15) is 57.2 Å². The van der Waals surface area contributed by atoms with Gasteiger partial charge in [-0.2, -0.15) is 0 Å². The summed E-state index contributed by atoms with van der Waals surface area (Å²) in [6, 6.07) is 28.0. The van der Waals surface area contributed by atoms with E-state index in [9.17, 15) is 20.2 Å². The highest BCUT2D eigenvalue weighted by atomic mass is 16.5. The number of rotatable bonds is 13. The van der Waals surface area contributed by atoms with Crippen molar-refractivity contribution in [3.8, 4) is 0 Å². The summed E-state index contributed by atoms with van der Waals surface area (Å²) < 4.78 is 6.24. The second-order valence-corrected chi connectivity index (χ2v) is 11.8. The lowest BCUT2D eigenvalue weighted by molar-refractivity contribution is -0.175. The van der Waals surface area contributed by atoms with Crippen molar-refractivity contribution in [1.29, 1.82) is 0 Å². The Bertz CT molecular complexity index is 1320. The molecule has 0 aromatic heterocycles. The van der Waals surface area contributed by atoms with Gasteiger partial charge in [0.25, 0.3) is 5.91 Å². The molecule has 1 saturated heterocycles. The molecule has 1 fully saturated rings. The van der Waals surface area contributed by atoms with Crippen molar-refractivity contribution >= 4 is 11.8 Å². The smallest absolute Gasteiger partial charge is 0.252 e. The van der Waals surface area contributed by atoms with Gasteiger partial charge in [0.2, 0.25) is 5.91 Å². The number of nitrogens with zero attached hydrogens (tertiary/aromatic N) is 4. The van der Waals surface area contributed by atoms with Crippen LogP contribution in [0.15, 0.2) is 96.1 Å². The maximum Gasteiger partial charge on any atom is 0.252 e. The molecule has 0 aliphatic carbocycles. The Morgan fingerprint density at radius 2 is 1.50 bits per heavy atom. The fourth-order valence-electron chi connectivity index (χ4n) is 6.08. The van der Waals surface area contributed by atoms with Crippen molar-refractivity contribution in [1.82, 2.24) is 10.2 Å². The highest BCUT2D eigenvalue weighted by molar-refractivity contribution is 5.84. The van der Waals surface area contributed by atoms with E-state index in [2.05, 4.69) is 15.3 Å². The second-order valence-electron chi connectivity index (χ2n) is 11.8. The number of carbonyl (C=O) groups excluding carboxylic acids is 2. The third kappa shape index (κ3) is 6.97. The monoisotopic (exact) mass is 597 g/mol. The fraction of sp³-hybridized carbons (Fsp3) is 0.429. The van der Waals surface area contributed by atoms with Gasteiger partial charge in [-0.3, -0.25) is 9.59 Å². The van der Waals surface area contributed by atoms with Crippen LogP contribution in [0.4, 0.5) is 0 Å². The van der Waals surface area contributed by atoms with Crippen molar-refractivity contribution < 1.29 is 19.4 Å². The first-order valence-electron chi connectivity index (χ1n) is 15.3. The topological polar surface area (TPSA) is 128 Å². The molecule has 0 saturated carbocycles. The Balaban J connectivity index is 1.71. The van der Waals surface area contributed by atoms with Crippen LogP contribution >= 0.6 is 0 Å². The summed E-state index contributed by atoms with van der Waals surface area (Å²) in [5.41, 5.74) is 10.9. The minimum atomic E-state index is -1.03. The lowest BCUT2D eigenvalue weighted by atomic mass is 9.77. The molecule has 2 amide bonds. The van der Waals surface area contributed by atoms with Gasteiger partial charge in [-0.05, 0) is 34.1 Å².